The molecule has 8 heteroatoms. The van der Waals surface area contributed by atoms with Crippen LogP contribution >= 0.6 is 23.8 Å². The van der Waals surface area contributed by atoms with Crippen LogP contribution in [0.3, 0.4) is 0 Å². The topological polar surface area (TPSA) is 55.2 Å². The predicted molar refractivity (Wildman–Crippen MR) is 129 cm³/mol. The first kappa shape index (κ1) is 20.5. The standard InChI is InChI=1S/C24H20ClN5OS/c1-31-20-10-3-2-8-18(20)30-23(22(28-24(30)32)17-7-4-5-13-26-17)19-9-6-14-29(19)21-12-11-16(25)15-27-21/h2-15,22-23H,1H3,(H,28,32)/t22-,23+/m0/s1. The average Bonchev–Trinajstić information content (AvgIpc) is 3.44. The molecule has 160 valence electrons. The van der Waals surface area contributed by atoms with E-state index in [2.05, 4.69) is 30.8 Å². The number of nitrogens with one attached hydrogen (secondary N) is 1. The number of aromatic nitrogens is 3. The molecule has 0 amide bonds. The normalized spacial score (nSPS) is 17.9. The van der Waals surface area contributed by atoms with Crippen LogP contribution < -0.4 is 15.0 Å². The van der Waals surface area contributed by atoms with Crippen molar-refractivity contribution in [3.05, 3.63) is 102 Å². The van der Waals surface area contributed by atoms with Gasteiger partial charge in [0, 0.05) is 24.3 Å². The van der Waals surface area contributed by atoms with Crippen molar-refractivity contribution in [3.8, 4) is 11.6 Å². The van der Waals surface area contributed by atoms with Crippen LogP contribution in [0.5, 0.6) is 5.75 Å². The Morgan fingerprint density at radius 2 is 1.84 bits per heavy atom. The second-order valence-corrected chi connectivity index (χ2v) is 8.13. The van der Waals surface area contributed by atoms with Crippen molar-refractivity contribution in [1.29, 1.82) is 0 Å². The molecular weight excluding hydrogens is 442 g/mol. The minimum Gasteiger partial charge on any atom is -0.495 e. The molecule has 1 aliphatic rings. The largest absolute Gasteiger partial charge is 0.495 e. The summed E-state index contributed by atoms with van der Waals surface area (Å²) in [7, 11) is 1.66. The SMILES string of the molecule is COc1ccccc1N1C(=S)N[C@@H](c2ccccn2)[C@H]1c1cccn1-c1ccc(Cl)cn1. The lowest BCUT2D eigenvalue weighted by Gasteiger charge is -2.29. The van der Waals surface area contributed by atoms with Crippen molar-refractivity contribution < 1.29 is 4.74 Å². The second kappa shape index (κ2) is 8.61. The summed E-state index contributed by atoms with van der Waals surface area (Å²) in [6.07, 6.45) is 5.43. The molecule has 4 heterocycles. The Morgan fingerprint density at radius 1 is 1.00 bits per heavy atom. The van der Waals surface area contributed by atoms with Gasteiger partial charge in [-0.2, -0.15) is 0 Å². The number of methoxy groups -OCH3 is 1. The third-order valence-electron chi connectivity index (χ3n) is 5.48. The number of hydrogen-bond donors (Lipinski definition) is 1. The fourth-order valence-corrected chi connectivity index (χ4v) is 4.55. The van der Waals surface area contributed by atoms with Gasteiger partial charge in [-0.15, -0.1) is 0 Å². The highest BCUT2D eigenvalue weighted by Crippen LogP contribution is 2.44. The molecule has 1 fully saturated rings. The third-order valence-corrected chi connectivity index (χ3v) is 6.02. The zero-order valence-electron chi connectivity index (χ0n) is 17.2. The minimum atomic E-state index is -0.193. The highest BCUT2D eigenvalue weighted by molar-refractivity contribution is 7.80. The fraction of sp³-hybridized carbons (Fsp3) is 0.125. The molecule has 1 aromatic carbocycles. The Labute approximate surface area is 196 Å². The van der Waals surface area contributed by atoms with Gasteiger partial charge in [0.2, 0.25) is 0 Å². The van der Waals surface area contributed by atoms with Gasteiger partial charge < -0.3 is 19.5 Å². The third kappa shape index (κ3) is 3.59. The van der Waals surface area contributed by atoms with E-state index in [4.69, 9.17) is 28.6 Å². The van der Waals surface area contributed by atoms with E-state index in [1.54, 1.807) is 19.5 Å². The van der Waals surface area contributed by atoms with Crippen LogP contribution in [0.15, 0.2) is 85.3 Å². The molecule has 0 unspecified atom stereocenters. The maximum absolute atomic E-state index is 6.07. The maximum Gasteiger partial charge on any atom is 0.174 e. The summed E-state index contributed by atoms with van der Waals surface area (Å²) in [6.45, 7) is 0. The lowest BCUT2D eigenvalue weighted by atomic mass is 10.0. The van der Waals surface area contributed by atoms with Gasteiger partial charge in [-0.05, 0) is 60.7 Å². The number of halogens is 1. The van der Waals surface area contributed by atoms with Gasteiger partial charge in [0.25, 0.3) is 0 Å². The van der Waals surface area contributed by atoms with E-state index in [0.717, 1.165) is 28.6 Å². The molecule has 0 bridgehead atoms. The summed E-state index contributed by atoms with van der Waals surface area (Å²) in [5, 5.41) is 4.68. The lowest BCUT2D eigenvalue weighted by molar-refractivity contribution is 0.414. The number of pyridine rings is 2. The monoisotopic (exact) mass is 461 g/mol. The molecule has 2 atom stereocenters. The summed E-state index contributed by atoms with van der Waals surface area (Å²) in [4.78, 5) is 11.2. The van der Waals surface area contributed by atoms with E-state index in [1.165, 1.54) is 0 Å². The molecular formula is C24H20ClN5OS. The Balaban J connectivity index is 1.68. The molecule has 4 aromatic rings. The number of anilines is 1. The van der Waals surface area contributed by atoms with Crippen LogP contribution in [0.4, 0.5) is 5.69 Å². The smallest absolute Gasteiger partial charge is 0.174 e. The predicted octanol–water partition coefficient (Wildman–Crippen LogP) is 5.11. The van der Waals surface area contributed by atoms with Crippen LogP contribution in [-0.2, 0) is 0 Å². The van der Waals surface area contributed by atoms with Gasteiger partial charge in [-0.25, -0.2) is 4.98 Å². The molecule has 1 N–H and O–H groups in total. The lowest BCUT2D eigenvalue weighted by Crippen LogP contribution is -2.30. The molecule has 0 saturated carbocycles. The molecule has 1 saturated heterocycles. The van der Waals surface area contributed by atoms with Gasteiger partial charge in [-0.3, -0.25) is 4.98 Å². The molecule has 6 nitrogen and oxygen atoms in total. The van der Waals surface area contributed by atoms with Crippen molar-refractivity contribution in [2.45, 2.75) is 12.1 Å². The van der Waals surface area contributed by atoms with E-state index in [9.17, 15) is 0 Å². The van der Waals surface area contributed by atoms with E-state index < -0.39 is 0 Å². The zero-order valence-corrected chi connectivity index (χ0v) is 18.8. The van der Waals surface area contributed by atoms with Crippen LogP contribution in [0.1, 0.15) is 23.5 Å². The van der Waals surface area contributed by atoms with Crippen LogP contribution in [-0.4, -0.2) is 26.8 Å². The Morgan fingerprint density at radius 3 is 2.59 bits per heavy atom. The Bertz CT molecular complexity index is 1240. The number of hydrogen-bond acceptors (Lipinski definition) is 4. The van der Waals surface area contributed by atoms with E-state index in [0.29, 0.717) is 10.1 Å². The summed E-state index contributed by atoms with van der Waals surface area (Å²) >= 11 is 11.9. The maximum atomic E-state index is 6.07. The first-order chi connectivity index (χ1) is 15.7. The van der Waals surface area contributed by atoms with Gasteiger partial charge in [-0.1, -0.05) is 29.8 Å². The number of rotatable bonds is 5. The van der Waals surface area contributed by atoms with E-state index in [-0.39, 0.29) is 12.1 Å². The van der Waals surface area contributed by atoms with Crippen molar-refractivity contribution in [2.75, 3.05) is 12.0 Å². The highest BCUT2D eigenvalue weighted by Gasteiger charge is 2.43. The quantitative estimate of drug-likeness (QED) is 0.417. The zero-order chi connectivity index (χ0) is 22.1. The van der Waals surface area contributed by atoms with Gasteiger partial charge in [0.1, 0.15) is 17.6 Å². The van der Waals surface area contributed by atoms with Gasteiger partial charge in [0.15, 0.2) is 5.11 Å². The molecule has 0 spiro atoms. The number of thiocarbonyl (C=S) groups is 1. The van der Waals surface area contributed by atoms with E-state index >= 15 is 0 Å². The van der Waals surface area contributed by atoms with Crippen molar-refractivity contribution in [1.82, 2.24) is 19.9 Å². The van der Waals surface area contributed by atoms with Crippen molar-refractivity contribution in [3.63, 3.8) is 0 Å². The van der Waals surface area contributed by atoms with Gasteiger partial charge >= 0.3 is 0 Å². The van der Waals surface area contributed by atoms with Crippen LogP contribution in [0.2, 0.25) is 5.02 Å². The number of benzene rings is 1. The molecule has 0 radical (unpaired) electrons. The number of nitrogens with zero attached hydrogens (tertiary/aromatic N) is 4. The van der Waals surface area contributed by atoms with Gasteiger partial charge in [0.05, 0.1) is 29.6 Å². The molecule has 0 aliphatic carbocycles. The molecule has 5 rings (SSSR count). The average molecular weight is 462 g/mol. The molecule has 3 aromatic heterocycles. The van der Waals surface area contributed by atoms with Crippen molar-refractivity contribution in [2.24, 2.45) is 0 Å². The molecule has 32 heavy (non-hydrogen) atoms. The summed E-state index contributed by atoms with van der Waals surface area (Å²) in [5.74, 6) is 1.51. The second-order valence-electron chi connectivity index (χ2n) is 7.31. The van der Waals surface area contributed by atoms with Crippen molar-refractivity contribution >= 4 is 34.6 Å². The van der Waals surface area contributed by atoms with E-state index in [1.807, 2.05) is 66.9 Å². The number of ether oxygens (including phenoxy) is 1. The fourth-order valence-electron chi connectivity index (χ4n) is 4.10. The van der Waals surface area contributed by atoms with Crippen LogP contribution in [0.25, 0.3) is 5.82 Å². The Kier molecular flexibility index (Phi) is 5.51. The highest BCUT2D eigenvalue weighted by atomic mass is 35.5. The minimum absolute atomic E-state index is 0.172. The summed E-state index contributed by atoms with van der Waals surface area (Å²) in [5.41, 5.74) is 2.79. The molecule has 1 aliphatic heterocycles. The van der Waals surface area contributed by atoms with Crippen LogP contribution in [0, 0.1) is 0 Å². The first-order valence-corrected chi connectivity index (χ1v) is 10.9. The number of para-hydroxylation sites is 2. The Hall–Kier alpha value is -3.42. The first-order valence-electron chi connectivity index (χ1n) is 10.1. The summed E-state index contributed by atoms with van der Waals surface area (Å²) < 4.78 is 7.71. The summed E-state index contributed by atoms with van der Waals surface area (Å²) in [6, 6.07) is 21.2.